The fourth-order valence-electron chi connectivity index (χ4n) is 4.41. The zero-order valence-corrected chi connectivity index (χ0v) is 19.5. The van der Waals surface area contributed by atoms with Gasteiger partial charge in [-0.15, -0.1) is 0 Å². The largest absolute Gasteiger partial charge is 0.497 e. The number of carbonyl (C=O) groups is 2. The number of hydrogen-bond donors (Lipinski definition) is 0. The minimum absolute atomic E-state index is 0.00959. The van der Waals surface area contributed by atoms with E-state index in [2.05, 4.69) is 12.1 Å². The Morgan fingerprint density at radius 1 is 1.21 bits per heavy atom. The van der Waals surface area contributed by atoms with Gasteiger partial charge in [-0.2, -0.15) is 0 Å². The lowest BCUT2D eigenvalue weighted by Crippen LogP contribution is -2.42. The van der Waals surface area contributed by atoms with Crippen molar-refractivity contribution in [2.24, 2.45) is 5.92 Å². The van der Waals surface area contributed by atoms with Gasteiger partial charge in [0.05, 0.1) is 13.2 Å². The van der Waals surface area contributed by atoms with E-state index < -0.39 is 0 Å². The molecule has 2 amide bonds. The first-order valence-corrected chi connectivity index (χ1v) is 11.8. The van der Waals surface area contributed by atoms with Crippen LogP contribution in [0.25, 0.3) is 11.3 Å². The highest BCUT2D eigenvalue weighted by molar-refractivity contribution is 5.93. The highest BCUT2D eigenvalue weighted by atomic mass is 16.5. The van der Waals surface area contributed by atoms with Gasteiger partial charge in [0, 0.05) is 50.8 Å². The van der Waals surface area contributed by atoms with Gasteiger partial charge in [-0.05, 0) is 43.7 Å². The predicted molar refractivity (Wildman–Crippen MR) is 123 cm³/mol. The molecule has 0 N–H and O–H groups in total. The first kappa shape index (κ1) is 23.3. The number of hydrogen-bond acceptors (Lipinski definition) is 6. The topological polar surface area (TPSA) is 85.1 Å². The highest BCUT2D eigenvalue weighted by Crippen LogP contribution is 2.25. The molecular weight excluding hydrogens is 422 g/mol. The molecule has 0 aliphatic carbocycles. The van der Waals surface area contributed by atoms with Crippen molar-refractivity contribution in [1.82, 2.24) is 15.0 Å². The van der Waals surface area contributed by atoms with E-state index in [1.807, 2.05) is 29.2 Å². The smallest absolute Gasteiger partial charge is 0.276 e. The average Bonchev–Trinajstić information content (AvgIpc) is 3.54. The van der Waals surface area contributed by atoms with E-state index in [0.29, 0.717) is 43.5 Å². The molecule has 1 aromatic heterocycles. The Bertz CT molecular complexity index is 945. The van der Waals surface area contributed by atoms with E-state index in [0.717, 1.165) is 44.3 Å². The van der Waals surface area contributed by atoms with Crippen molar-refractivity contribution in [2.75, 3.05) is 39.9 Å². The van der Waals surface area contributed by atoms with Gasteiger partial charge < -0.3 is 23.8 Å². The summed E-state index contributed by atoms with van der Waals surface area (Å²) in [5.74, 6) is 1.71. The molecule has 0 spiro atoms. The number of benzene rings is 1. The second-order valence-corrected chi connectivity index (χ2v) is 9.01. The molecule has 0 saturated carbocycles. The molecule has 2 aromatic rings. The van der Waals surface area contributed by atoms with Gasteiger partial charge in [-0.25, -0.2) is 0 Å². The molecule has 3 heterocycles. The van der Waals surface area contributed by atoms with Crippen LogP contribution in [-0.2, 0) is 9.53 Å². The van der Waals surface area contributed by atoms with E-state index >= 15 is 0 Å². The second-order valence-electron chi connectivity index (χ2n) is 9.01. The summed E-state index contributed by atoms with van der Waals surface area (Å²) in [6.07, 6.45) is 4.27. The lowest BCUT2D eigenvalue weighted by Gasteiger charge is -2.31. The summed E-state index contributed by atoms with van der Waals surface area (Å²) >= 11 is 0. The van der Waals surface area contributed by atoms with Crippen LogP contribution >= 0.6 is 0 Å². The van der Waals surface area contributed by atoms with Gasteiger partial charge >= 0.3 is 0 Å². The fourth-order valence-corrected chi connectivity index (χ4v) is 4.41. The number of piperidine rings is 1. The normalized spacial score (nSPS) is 19.0. The van der Waals surface area contributed by atoms with Gasteiger partial charge in [0.1, 0.15) is 5.75 Å². The molecule has 1 aromatic carbocycles. The third kappa shape index (κ3) is 5.93. The zero-order valence-electron chi connectivity index (χ0n) is 19.5. The van der Waals surface area contributed by atoms with E-state index in [1.165, 1.54) is 0 Å². The van der Waals surface area contributed by atoms with Crippen molar-refractivity contribution in [2.45, 2.75) is 45.1 Å². The number of likely N-dealkylation sites (tertiary alicyclic amines) is 1. The van der Waals surface area contributed by atoms with Crippen LogP contribution < -0.4 is 4.74 Å². The summed E-state index contributed by atoms with van der Waals surface area (Å²) in [6, 6.07) is 9.05. The maximum absolute atomic E-state index is 13.3. The summed E-state index contributed by atoms with van der Waals surface area (Å²) in [5, 5.41) is 4.03. The molecule has 2 fully saturated rings. The lowest BCUT2D eigenvalue weighted by molar-refractivity contribution is -0.132. The monoisotopic (exact) mass is 455 g/mol. The van der Waals surface area contributed by atoms with Crippen molar-refractivity contribution in [1.29, 1.82) is 0 Å². The number of aromatic nitrogens is 1. The molecule has 0 unspecified atom stereocenters. The Kier molecular flexibility index (Phi) is 7.65. The Morgan fingerprint density at radius 3 is 2.76 bits per heavy atom. The Morgan fingerprint density at radius 2 is 2.03 bits per heavy atom. The van der Waals surface area contributed by atoms with Crippen molar-refractivity contribution >= 4 is 11.8 Å². The minimum atomic E-state index is -0.247. The molecule has 2 aliphatic heterocycles. The molecule has 4 rings (SSSR count). The van der Waals surface area contributed by atoms with Crippen LogP contribution in [0, 0.1) is 5.92 Å². The Balaban J connectivity index is 1.44. The molecule has 0 radical (unpaired) electrons. The number of nitrogens with zero attached hydrogens (tertiary/aromatic N) is 3. The van der Waals surface area contributed by atoms with E-state index in [9.17, 15) is 9.59 Å². The first-order valence-electron chi connectivity index (χ1n) is 11.8. The number of rotatable bonds is 8. The highest BCUT2D eigenvalue weighted by Gasteiger charge is 2.27. The maximum atomic E-state index is 13.3. The van der Waals surface area contributed by atoms with E-state index in [1.54, 1.807) is 18.1 Å². The van der Waals surface area contributed by atoms with Crippen LogP contribution in [0.5, 0.6) is 5.75 Å². The van der Waals surface area contributed by atoms with Crippen LogP contribution in [0.4, 0.5) is 0 Å². The molecule has 2 aliphatic rings. The summed E-state index contributed by atoms with van der Waals surface area (Å²) < 4.78 is 16.5. The van der Waals surface area contributed by atoms with Gasteiger partial charge in [-0.1, -0.05) is 24.2 Å². The van der Waals surface area contributed by atoms with Gasteiger partial charge in [0.25, 0.3) is 5.91 Å². The van der Waals surface area contributed by atoms with Crippen LogP contribution in [0.3, 0.4) is 0 Å². The van der Waals surface area contributed by atoms with Crippen LogP contribution in [0.15, 0.2) is 34.9 Å². The quantitative estimate of drug-likeness (QED) is 0.604. The molecule has 8 heteroatoms. The SMILES string of the molecule is COc1cccc(-c2cc(C(=O)N(CCC(=O)N3CCC(C)CC3)C[C@H]3CCCO3)no2)c1. The molecule has 1 atom stereocenters. The van der Waals surface area contributed by atoms with Gasteiger partial charge in [0.2, 0.25) is 5.91 Å². The molecular formula is C25H33N3O5. The summed E-state index contributed by atoms with van der Waals surface area (Å²) in [4.78, 5) is 29.7. The van der Waals surface area contributed by atoms with Crippen LogP contribution in [-0.4, -0.2) is 72.8 Å². The summed E-state index contributed by atoms with van der Waals surface area (Å²) in [5.41, 5.74) is 1.01. The summed E-state index contributed by atoms with van der Waals surface area (Å²) in [7, 11) is 1.60. The Labute approximate surface area is 194 Å². The van der Waals surface area contributed by atoms with Crippen molar-refractivity contribution < 1.29 is 23.6 Å². The third-order valence-corrected chi connectivity index (χ3v) is 6.55. The van der Waals surface area contributed by atoms with Gasteiger partial charge in [0.15, 0.2) is 11.5 Å². The van der Waals surface area contributed by atoms with Crippen molar-refractivity contribution in [3.05, 3.63) is 36.0 Å². The zero-order chi connectivity index (χ0) is 23.2. The molecule has 0 bridgehead atoms. The van der Waals surface area contributed by atoms with Crippen LogP contribution in [0.1, 0.15) is 49.5 Å². The number of amides is 2. The number of methoxy groups -OCH3 is 1. The third-order valence-electron chi connectivity index (χ3n) is 6.55. The average molecular weight is 456 g/mol. The van der Waals surface area contributed by atoms with E-state index in [4.69, 9.17) is 14.0 Å². The molecule has 2 saturated heterocycles. The number of ether oxygens (including phenoxy) is 2. The molecule has 8 nitrogen and oxygen atoms in total. The summed E-state index contributed by atoms with van der Waals surface area (Å²) in [6.45, 7) is 5.32. The lowest BCUT2D eigenvalue weighted by atomic mass is 9.99. The maximum Gasteiger partial charge on any atom is 0.276 e. The second kappa shape index (κ2) is 10.8. The van der Waals surface area contributed by atoms with Gasteiger partial charge in [-0.3, -0.25) is 9.59 Å². The standard InChI is InChI=1S/C25H33N3O5/c1-18-8-11-27(12-9-18)24(29)10-13-28(17-21-7-4-14-32-21)25(30)22-16-23(33-26-22)19-5-3-6-20(15-19)31-2/h3,5-6,15-16,18,21H,4,7-14,17H2,1-2H3/t21-/m1/s1. The minimum Gasteiger partial charge on any atom is -0.497 e. The van der Waals surface area contributed by atoms with Crippen molar-refractivity contribution in [3.63, 3.8) is 0 Å². The first-order chi connectivity index (χ1) is 16.0. The van der Waals surface area contributed by atoms with Crippen molar-refractivity contribution in [3.8, 4) is 17.1 Å². The number of carbonyl (C=O) groups excluding carboxylic acids is 2. The van der Waals surface area contributed by atoms with E-state index in [-0.39, 0.29) is 23.6 Å². The molecule has 178 valence electrons. The molecule has 33 heavy (non-hydrogen) atoms. The Hall–Kier alpha value is -2.87. The van der Waals surface area contributed by atoms with Crippen LogP contribution in [0.2, 0.25) is 0 Å². The fraction of sp³-hybridized carbons (Fsp3) is 0.560. The predicted octanol–water partition coefficient (Wildman–Crippen LogP) is 3.62.